The minimum atomic E-state index is -1.98. The van der Waals surface area contributed by atoms with Gasteiger partial charge in [-0.25, -0.2) is 14.4 Å². The van der Waals surface area contributed by atoms with Crippen LogP contribution in [0, 0.1) is 0 Å². The van der Waals surface area contributed by atoms with Gasteiger partial charge in [-0.15, -0.1) is 0 Å². The highest BCUT2D eigenvalue weighted by atomic mass is 16.7. The molecule has 0 radical (unpaired) electrons. The molecule has 0 aliphatic carbocycles. The van der Waals surface area contributed by atoms with Crippen molar-refractivity contribution in [3.05, 3.63) is 53.1 Å². The zero-order chi connectivity index (χ0) is 34.0. The molecule has 1 aliphatic rings. The number of phenols is 9. The first kappa shape index (κ1) is 33.1. The second kappa shape index (κ2) is 13.0. The minimum absolute atomic E-state index is 0.547. The van der Waals surface area contributed by atoms with Crippen LogP contribution in [0.25, 0.3) is 0 Å². The highest BCUT2D eigenvalue weighted by Gasteiger charge is 2.53. The molecule has 0 spiro atoms. The third-order valence-corrected chi connectivity index (χ3v) is 6.65. The van der Waals surface area contributed by atoms with E-state index >= 15 is 0 Å². The number of aliphatic hydroxyl groups is 1. The molecule has 0 unspecified atom stereocenters. The molecule has 0 aromatic heterocycles. The highest BCUT2D eigenvalue weighted by Crippen LogP contribution is 2.39. The Morgan fingerprint density at radius 1 is 0.565 bits per heavy atom. The molecule has 46 heavy (non-hydrogen) atoms. The van der Waals surface area contributed by atoms with Crippen molar-refractivity contribution >= 4 is 17.9 Å². The molecule has 3 aromatic carbocycles. The first-order valence-electron chi connectivity index (χ1n) is 12.8. The molecular weight excluding hydrogens is 624 g/mol. The highest BCUT2D eigenvalue weighted by molar-refractivity contribution is 5.93. The lowest BCUT2D eigenvalue weighted by Gasteiger charge is -2.43. The Morgan fingerprint density at radius 3 is 1.17 bits per heavy atom. The van der Waals surface area contributed by atoms with E-state index in [9.17, 15) is 65.4 Å². The number of methoxy groups -OCH3 is 1. The maximum atomic E-state index is 13.2. The van der Waals surface area contributed by atoms with Crippen LogP contribution in [-0.4, -0.2) is 113 Å². The van der Waals surface area contributed by atoms with Gasteiger partial charge in [0.1, 0.15) is 6.10 Å². The van der Waals surface area contributed by atoms with E-state index in [4.69, 9.17) is 23.7 Å². The number of aromatic hydroxyl groups is 9. The van der Waals surface area contributed by atoms with Crippen LogP contribution >= 0.6 is 0 Å². The summed E-state index contributed by atoms with van der Waals surface area (Å²) >= 11 is 0. The van der Waals surface area contributed by atoms with Gasteiger partial charge in [0.25, 0.3) is 0 Å². The lowest BCUT2D eigenvalue weighted by Crippen LogP contribution is -2.62. The minimum Gasteiger partial charge on any atom is -0.504 e. The number of carbonyl (C=O) groups excluding carboxylic acids is 3. The number of hydrogen-bond donors (Lipinski definition) is 10. The van der Waals surface area contributed by atoms with Gasteiger partial charge < -0.3 is 74.7 Å². The van der Waals surface area contributed by atoms with Crippen LogP contribution < -0.4 is 0 Å². The van der Waals surface area contributed by atoms with Crippen molar-refractivity contribution in [2.45, 2.75) is 30.7 Å². The van der Waals surface area contributed by atoms with Gasteiger partial charge in [0, 0.05) is 7.11 Å². The first-order valence-corrected chi connectivity index (χ1v) is 12.8. The van der Waals surface area contributed by atoms with Gasteiger partial charge in [-0.1, -0.05) is 0 Å². The Kier molecular flexibility index (Phi) is 9.36. The largest absolute Gasteiger partial charge is 0.504 e. The molecule has 1 fully saturated rings. The van der Waals surface area contributed by atoms with Crippen molar-refractivity contribution < 1.29 is 89.1 Å². The summed E-state index contributed by atoms with van der Waals surface area (Å²) in [6, 6.07) is 4.22. The summed E-state index contributed by atoms with van der Waals surface area (Å²) in [5, 5.41) is 98.0. The molecule has 1 aliphatic heterocycles. The summed E-state index contributed by atoms with van der Waals surface area (Å²) in [7, 11) is 1.06. The Morgan fingerprint density at radius 2 is 0.870 bits per heavy atom. The molecule has 246 valence electrons. The van der Waals surface area contributed by atoms with Gasteiger partial charge in [-0.05, 0) is 36.4 Å². The molecule has 5 atom stereocenters. The molecule has 10 N–H and O–H groups in total. The summed E-state index contributed by atoms with van der Waals surface area (Å²) in [6.45, 7) is -0.945. The molecule has 1 saturated heterocycles. The molecule has 18 nitrogen and oxygen atoms in total. The van der Waals surface area contributed by atoms with Crippen molar-refractivity contribution in [1.82, 2.24) is 0 Å². The van der Waals surface area contributed by atoms with Gasteiger partial charge >= 0.3 is 17.9 Å². The Labute approximate surface area is 256 Å². The van der Waals surface area contributed by atoms with E-state index in [2.05, 4.69) is 0 Å². The summed E-state index contributed by atoms with van der Waals surface area (Å²) in [4.78, 5) is 39.5. The Bertz CT molecular complexity index is 1510. The van der Waals surface area contributed by atoms with E-state index in [0.717, 1.165) is 7.11 Å². The average Bonchev–Trinajstić information content (AvgIpc) is 3.01. The van der Waals surface area contributed by atoms with E-state index in [1.165, 1.54) is 0 Å². The molecule has 18 heteroatoms. The van der Waals surface area contributed by atoms with E-state index < -0.39 is 124 Å². The zero-order valence-corrected chi connectivity index (χ0v) is 23.3. The van der Waals surface area contributed by atoms with Crippen LogP contribution in [0.2, 0.25) is 0 Å². The van der Waals surface area contributed by atoms with Crippen molar-refractivity contribution in [3.8, 4) is 51.7 Å². The molecule has 0 amide bonds. The maximum Gasteiger partial charge on any atom is 0.339 e. The van der Waals surface area contributed by atoms with E-state index in [-0.39, 0.29) is 0 Å². The van der Waals surface area contributed by atoms with Crippen LogP contribution in [0.4, 0.5) is 0 Å². The second-order valence-electron chi connectivity index (χ2n) is 9.66. The molecule has 0 bridgehead atoms. The van der Waals surface area contributed by atoms with Gasteiger partial charge in [-0.3, -0.25) is 0 Å². The third kappa shape index (κ3) is 6.48. The predicted molar refractivity (Wildman–Crippen MR) is 145 cm³/mol. The predicted octanol–water partition coefficient (Wildman–Crippen LogP) is 0.377. The molecule has 0 saturated carbocycles. The average molecular weight is 650 g/mol. The van der Waals surface area contributed by atoms with Crippen LogP contribution in [0.5, 0.6) is 51.7 Å². The van der Waals surface area contributed by atoms with Gasteiger partial charge in [0.05, 0.1) is 23.3 Å². The normalized spacial score (nSPS) is 20.9. The van der Waals surface area contributed by atoms with Crippen LogP contribution in [-0.2, 0) is 23.7 Å². The summed E-state index contributed by atoms with van der Waals surface area (Å²) in [5.41, 5.74) is -1.68. The topological polar surface area (TPSA) is 300 Å². The van der Waals surface area contributed by atoms with Crippen molar-refractivity contribution in [2.24, 2.45) is 0 Å². The molecule has 1 heterocycles. The number of carbonyl (C=O) groups is 3. The molecule has 3 aromatic rings. The van der Waals surface area contributed by atoms with Crippen molar-refractivity contribution in [2.75, 3.05) is 13.7 Å². The third-order valence-electron chi connectivity index (χ3n) is 6.65. The second-order valence-corrected chi connectivity index (χ2v) is 9.66. The number of rotatable bonds is 8. The molecular formula is C28H26O18. The van der Waals surface area contributed by atoms with Gasteiger partial charge in [0.2, 0.25) is 0 Å². The monoisotopic (exact) mass is 650 g/mol. The lowest BCUT2D eigenvalue weighted by atomic mass is 9.97. The summed E-state index contributed by atoms with van der Waals surface area (Å²) in [5.74, 6) is -12.5. The number of esters is 3. The van der Waals surface area contributed by atoms with E-state index in [0.29, 0.717) is 36.4 Å². The number of benzene rings is 3. The molecule has 4 rings (SSSR count). The lowest BCUT2D eigenvalue weighted by molar-refractivity contribution is -0.292. The smallest absolute Gasteiger partial charge is 0.339 e. The van der Waals surface area contributed by atoms with E-state index in [1.54, 1.807) is 0 Å². The summed E-state index contributed by atoms with van der Waals surface area (Å²) in [6.07, 6.45) is -9.06. The fourth-order valence-electron chi connectivity index (χ4n) is 4.36. The standard InChI is InChI=1S/C28H26O18/c1-42-28-24(46-27(41)11-6-16(34)21(38)17(35)7-11)23(45-26(40)10-4-14(32)20(37)15(33)5-10)22(18(8-29)43-28)44-25(39)9-2-12(30)19(36)13(31)3-9/h2-7,18,22-24,28-38H,8H2,1H3/t18-,22-,23+,24-,28+/m1/s1. The number of phenolic OH excluding ortho intramolecular Hbond substituents is 9. The number of hydrogen-bond acceptors (Lipinski definition) is 18. The Balaban J connectivity index is 1.77. The Hall–Kier alpha value is -5.85. The quantitative estimate of drug-likeness (QED) is 0.0894. The van der Waals surface area contributed by atoms with Gasteiger partial charge in [0.15, 0.2) is 76.3 Å². The van der Waals surface area contributed by atoms with Gasteiger partial charge in [-0.2, -0.15) is 0 Å². The first-order chi connectivity index (χ1) is 21.7. The summed E-state index contributed by atoms with van der Waals surface area (Å²) < 4.78 is 27.1. The van der Waals surface area contributed by atoms with Crippen LogP contribution in [0.15, 0.2) is 36.4 Å². The fourth-order valence-corrected chi connectivity index (χ4v) is 4.36. The maximum absolute atomic E-state index is 13.2. The zero-order valence-electron chi connectivity index (χ0n) is 23.3. The fraction of sp³-hybridized carbons (Fsp3) is 0.250. The van der Waals surface area contributed by atoms with Crippen molar-refractivity contribution in [3.63, 3.8) is 0 Å². The SMILES string of the molecule is CO[C@H]1O[C@H](CO)[C@@H](OC(=O)c2cc(O)c(O)c(O)c2)[C@H](OC(=O)c2cc(O)c(O)c(O)c2)[C@H]1OC(=O)c1cc(O)c(O)c(O)c1. The number of aliphatic hydroxyl groups excluding tert-OH is 1. The van der Waals surface area contributed by atoms with Crippen LogP contribution in [0.1, 0.15) is 31.1 Å². The number of ether oxygens (including phenoxy) is 5. The van der Waals surface area contributed by atoms with Crippen LogP contribution in [0.3, 0.4) is 0 Å². The van der Waals surface area contributed by atoms with E-state index in [1.807, 2.05) is 0 Å². The van der Waals surface area contributed by atoms with Crippen molar-refractivity contribution in [1.29, 1.82) is 0 Å².